The van der Waals surface area contributed by atoms with Crippen molar-refractivity contribution in [2.75, 3.05) is 20.3 Å². The zero-order chi connectivity index (χ0) is 21.1. The number of aliphatic imine (C=N–C) groups is 1. The molecule has 154 valence electrons. The van der Waals surface area contributed by atoms with Gasteiger partial charge in [-0.15, -0.1) is 0 Å². The van der Waals surface area contributed by atoms with Gasteiger partial charge in [-0.2, -0.15) is 0 Å². The minimum atomic E-state index is 0.0116. The van der Waals surface area contributed by atoms with Crippen LogP contribution < -0.4 is 4.74 Å². The SMILES string of the molecule is COc1ccc(C2=Nc3ccc(Br)cc3C(c3ccccc3)N2CCCO)cc1I. The summed E-state index contributed by atoms with van der Waals surface area (Å²) in [7, 11) is 1.68. The smallest absolute Gasteiger partial charge is 0.137 e. The number of fused-ring (bicyclic) bond motifs is 1. The number of hydrogen-bond donors (Lipinski definition) is 1. The average molecular weight is 577 g/mol. The summed E-state index contributed by atoms with van der Waals surface area (Å²) < 4.78 is 7.51. The van der Waals surface area contributed by atoms with E-state index >= 15 is 0 Å². The number of amidine groups is 1. The Morgan fingerprint density at radius 1 is 1.10 bits per heavy atom. The molecule has 0 amide bonds. The van der Waals surface area contributed by atoms with Crippen molar-refractivity contribution in [3.05, 3.63) is 91.5 Å². The molecule has 0 bridgehead atoms. The topological polar surface area (TPSA) is 45.1 Å². The molecule has 1 N–H and O–H groups in total. The predicted octanol–water partition coefficient (Wildman–Crippen LogP) is 5.93. The minimum Gasteiger partial charge on any atom is -0.496 e. The average Bonchev–Trinajstić information content (AvgIpc) is 2.77. The van der Waals surface area contributed by atoms with Crippen molar-refractivity contribution >= 4 is 50.0 Å². The van der Waals surface area contributed by atoms with Gasteiger partial charge in [0.2, 0.25) is 0 Å². The molecule has 3 aromatic carbocycles. The molecule has 1 heterocycles. The highest BCUT2D eigenvalue weighted by molar-refractivity contribution is 14.1. The number of hydrogen-bond acceptors (Lipinski definition) is 4. The first-order valence-corrected chi connectivity index (χ1v) is 11.6. The first-order chi connectivity index (χ1) is 14.6. The Kier molecular flexibility index (Phi) is 6.75. The lowest BCUT2D eigenvalue weighted by atomic mass is 9.92. The van der Waals surface area contributed by atoms with Gasteiger partial charge in [-0.25, -0.2) is 4.99 Å². The lowest BCUT2D eigenvalue weighted by Crippen LogP contribution is -2.39. The molecule has 1 atom stereocenters. The van der Waals surface area contributed by atoms with Gasteiger partial charge in [-0.05, 0) is 71.0 Å². The molecule has 0 saturated heterocycles. The second-order valence-electron chi connectivity index (χ2n) is 7.07. The standard InChI is InChI=1S/C24H22BrIN2O2/c1-30-22-11-8-17(14-20(22)26)24-27-21-10-9-18(25)15-19(21)23(28(24)12-5-13-29)16-6-3-2-4-7-16/h2-4,6-11,14-15,23,29H,5,12-13H2,1H3. The highest BCUT2D eigenvalue weighted by Gasteiger charge is 2.32. The molecule has 1 aliphatic rings. The number of ether oxygens (including phenoxy) is 1. The van der Waals surface area contributed by atoms with E-state index in [1.165, 1.54) is 5.56 Å². The van der Waals surface area contributed by atoms with Crippen molar-refractivity contribution in [2.45, 2.75) is 12.5 Å². The van der Waals surface area contributed by atoms with Gasteiger partial charge in [-0.1, -0.05) is 46.3 Å². The van der Waals surface area contributed by atoms with Crippen LogP contribution in [0, 0.1) is 3.57 Å². The van der Waals surface area contributed by atoms with Crippen molar-refractivity contribution < 1.29 is 9.84 Å². The molecule has 3 aromatic rings. The van der Waals surface area contributed by atoms with E-state index in [0.29, 0.717) is 13.0 Å². The number of halogens is 2. The molecule has 4 rings (SSSR count). The summed E-state index contributed by atoms with van der Waals surface area (Å²) in [5.41, 5.74) is 4.35. The largest absolute Gasteiger partial charge is 0.496 e. The summed E-state index contributed by atoms with van der Waals surface area (Å²) >= 11 is 5.92. The molecule has 0 fully saturated rings. The van der Waals surface area contributed by atoms with Crippen LogP contribution in [0.15, 0.2) is 76.2 Å². The Balaban J connectivity index is 1.91. The van der Waals surface area contributed by atoms with Crippen molar-refractivity contribution in [1.29, 1.82) is 0 Å². The maximum atomic E-state index is 9.57. The second kappa shape index (κ2) is 9.49. The third-order valence-corrected chi connectivity index (χ3v) is 6.51. The van der Waals surface area contributed by atoms with Crippen molar-refractivity contribution in [3.63, 3.8) is 0 Å². The number of methoxy groups -OCH3 is 1. The van der Waals surface area contributed by atoms with Gasteiger partial charge in [0.05, 0.1) is 22.4 Å². The number of rotatable bonds is 6. The van der Waals surface area contributed by atoms with Gasteiger partial charge in [0.25, 0.3) is 0 Å². The highest BCUT2D eigenvalue weighted by atomic mass is 127. The van der Waals surface area contributed by atoms with Crippen LogP contribution in [-0.2, 0) is 0 Å². The van der Waals surface area contributed by atoms with Crippen LogP contribution in [0.1, 0.15) is 29.2 Å². The van der Waals surface area contributed by atoms with Crippen molar-refractivity contribution in [1.82, 2.24) is 4.90 Å². The van der Waals surface area contributed by atoms with E-state index in [9.17, 15) is 5.11 Å². The van der Waals surface area contributed by atoms with Gasteiger partial charge in [0, 0.05) is 28.8 Å². The summed E-state index contributed by atoms with van der Waals surface area (Å²) in [6, 6.07) is 22.9. The van der Waals surface area contributed by atoms with Gasteiger partial charge >= 0.3 is 0 Å². The van der Waals surface area contributed by atoms with E-state index in [-0.39, 0.29) is 12.6 Å². The molecule has 1 aliphatic heterocycles. The zero-order valence-electron chi connectivity index (χ0n) is 16.6. The predicted molar refractivity (Wildman–Crippen MR) is 133 cm³/mol. The van der Waals surface area contributed by atoms with Gasteiger partial charge in [0.1, 0.15) is 11.6 Å². The molecule has 1 unspecified atom stereocenters. The fourth-order valence-corrected chi connectivity index (χ4v) is 4.94. The maximum absolute atomic E-state index is 9.57. The van der Waals surface area contributed by atoms with E-state index in [2.05, 4.69) is 92.0 Å². The molecule has 0 saturated carbocycles. The highest BCUT2D eigenvalue weighted by Crippen LogP contribution is 2.42. The van der Waals surface area contributed by atoms with Gasteiger partial charge < -0.3 is 14.7 Å². The Morgan fingerprint density at radius 3 is 2.60 bits per heavy atom. The Hall–Kier alpha value is -1.90. The molecule has 0 aliphatic carbocycles. The number of aliphatic hydroxyl groups is 1. The van der Waals surface area contributed by atoms with Crippen molar-refractivity contribution in [2.24, 2.45) is 4.99 Å². The van der Waals surface area contributed by atoms with E-state index < -0.39 is 0 Å². The minimum absolute atomic E-state index is 0.0116. The lowest BCUT2D eigenvalue weighted by Gasteiger charge is -2.39. The Bertz CT molecular complexity index is 1070. The number of nitrogens with zero attached hydrogens (tertiary/aromatic N) is 2. The molecule has 6 heteroatoms. The summed E-state index contributed by atoms with van der Waals surface area (Å²) in [5.74, 6) is 1.76. The second-order valence-corrected chi connectivity index (χ2v) is 9.15. The van der Waals surface area contributed by atoms with Crippen LogP contribution in [0.25, 0.3) is 0 Å². The first kappa shape index (κ1) is 21.3. The van der Waals surface area contributed by atoms with Crippen LogP contribution in [-0.4, -0.2) is 36.1 Å². The molecular weight excluding hydrogens is 555 g/mol. The molecule has 0 spiro atoms. The third-order valence-electron chi connectivity index (χ3n) is 5.18. The monoisotopic (exact) mass is 576 g/mol. The summed E-state index contributed by atoms with van der Waals surface area (Å²) in [5, 5.41) is 9.57. The van der Waals surface area contributed by atoms with Crippen LogP contribution in [0.4, 0.5) is 5.69 Å². The maximum Gasteiger partial charge on any atom is 0.137 e. The summed E-state index contributed by atoms with van der Waals surface area (Å²) in [4.78, 5) is 7.36. The summed E-state index contributed by atoms with van der Waals surface area (Å²) in [6.07, 6.45) is 0.666. The number of aliphatic hydroxyl groups excluding tert-OH is 1. The normalized spacial score (nSPS) is 15.5. The molecule has 30 heavy (non-hydrogen) atoms. The Morgan fingerprint density at radius 2 is 1.90 bits per heavy atom. The molecule has 4 nitrogen and oxygen atoms in total. The quantitative estimate of drug-likeness (QED) is 0.370. The first-order valence-electron chi connectivity index (χ1n) is 9.77. The molecule has 0 aromatic heterocycles. The fourth-order valence-electron chi connectivity index (χ4n) is 3.82. The molecule has 0 radical (unpaired) electrons. The van der Waals surface area contributed by atoms with Crippen molar-refractivity contribution in [3.8, 4) is 5.75 Å². The fraction of sp³-hybridized carbons (Fsp3) is 0.208. The van der Waals surface area contributed by atoms with Gasteiger partial charge in [0.15, 0.2) is 0 Å². The molecular formula is C24H22BrIN2O2. The van der Waals surface area contributed by atoms with E-state index in [0.717, 1.165) is 36.4 Å². The zero-order valence-corrected chi connectivity index (χ0v) is 20.3. The van der Waals surface area contributed by atoms with E-state index in [1.54, 1.807) is 7.11 Å². The number of benzene rings is 3. The van der Waals surface area contributed by atoms with Crippen LogP contribution >= 0.6 is 38.5 Å². The van der Waals surface area contributed by atoms with Crippen LogP contribution in [0.3, 0.4) is 0 Å². The summed E-state index contributed by atoms with van der Waals surface area (Å²) in [6.45, 7) is 0.834. The van der Waals surface area contributed by atoms with E-state index in [1.807, 2.05) is 18.2 Å². The van der Waals surface area contributed by atoms with Gasteiger partial charge in [-0.3, -0.25) is 0 Å². The lowest BCUT2D eigenvalue weighted by molar-refractivity contribution is 0.254. The van der Waals surface area contributed by atoms with Crippen LogP contribution in [0.2, 0.25) is 0 Å². The third kappa shape index (κ3) is 4.26. The Labute approximate surface area is 198 Å². The van der Waals surface area contributed by atoms with Crippen LogP contribution in [0.5, 0.6) is 5.75 Å². The van der Waals surface area contributed by atoms with E-state index in [4.69, 9.17) is 9.73 Å².